The van der Waals surface area contributed by atoms with E-state index in [9.17, 15) is 14.7 Å². The zero-order chi connectivity index (χ0) is 29.5. The first-order valence-electron chi connectivity index (χ1n) is 15.2. The first-order chi connectivity index (χ1) is 20.2. The van der Waals surface area contributed by atoms with Gasteiger partial charge in [0.2, 0.25) is 5.91 Å². The number of piperidine rings is 1. The zero-order valence-corrected chi connectivity index (χ0v) is 24.8. The van der Waals surface area contributed by atoms with E-state index in [1.807, 2.05) is 89.8 Å². The summed E-state index contributed by atoms with van der Waals surface area (Å²) in [6, 6.07) is 27.6. The Balaban J connectivity index is 1.22. The maximum absolute atomic E-state index is 13.9. The van der Waals surface area contributed by atoms with Crippen molar-refractivity contribution < 1.29 is 14.7 Å². The fourth-order valence-electron chi connectivity index (χ4n) is 7.32. The van der Waals surface area contributed by atoms with Crippen LogP contribution in [0.1, 0.15) is 57.6 Å². The monoisotopic (exact) mass is 563 g/mol. The van der Waals surface area contributed by atoms with E-state index in [1.54, 1.807) is 0 Å². The fraction of sp³-hybridized carbons (Fsp3) is 0.389. The van der Waals surface area contributed by atoms with Crippen molar-refractivity contribution in [3.05, 3.63) is 107 Å². The Morgan fingerprint density at radius 2 is 1.48 bits per heavy atom. The Morgan fingerprint density at radius 3 is 2.10 bits per heavy atom. The number of likely N-dealkylation sites (tertiary alicyclic amines) is 1. The molecule has 1 atom stereocenters. The molecule has 2 heterocycles. The lowest BCUT2D eigenvalue weighted by molar-refractivity contribution is -0.132. The van der Waals surface area contributed by atoms with Gasteiger partial charge in [0, 0.05) is 30.8 Å². The van der Waals surface area contributed by atoms with Crippen LogP contribution in [-0.4, -0.2) is 47.4 Å². The molecule has 42 heavy (non-hydrogen) atoms. The van der Waals surface area contributed by atoms with Crippen molar-refractivity contribution in [3.63, 3.8) is 0 Å². The van der Waals surface area contributed by atoms with Crippen molar-refractivity contribution in [2.45, 2.75) is 58.1 Å². The van der Waals surface area contributed by atoms with E-state index in [2.05, 4.69) is 31.0 Å². The van der Waals surface area contributed by atoms with Crippen molar-refractivity contribution in [2.24, 2.45) is 11.3 Å². The average Bonchev–Trinajstić information content (AvgIpc) is 3.10. The molecule has 0 spiro atoms. The van der Waals surface area contributed by atoms with Gasteiger partial charge in [-0.2, -0.15) is 0 Å². The first-order valence-corrected chi connectivity index (χ1v) is 15.2. The van der Waals surface area contributed by atoms with Crippen molar-refractivity contribution in [2.75, 3.05) is 29.9 Å². The van der Waals surface area contributed by atoms with Gasteiger partial charge in [0.05, 0.1) is 24.0 Å². The quantitative estimate of drug-likeness (QED) is 0.391. The summed E-state index contributed by atoms with van der Waals surface area (Å²) in [5.41, 5.74) is 4.19. The third-order valence-corrected chi connectivity index (χ3v) is 9.48. The largest absolute Gasteiger partial charge is 0.380 e. The maximum Gasteiger partial charge on any atom is 0.242 e. The second kappa shape index (κ2) is 11.1. The highest BCUT2D eigenvalue weighted by Crippen LogP contribution is 2.44. The fourth-order valence-corrected chi connectivity index (χ4v) is 7.32. The Bertz CT molecular complexity index is 1450. The number of para-hydroxylation sites is 2. The molecule has 6 rings (SSSR count). The van der Waals surface area contributed by atoms with Crippen molar-refractivity contribution in [1.29, 1.82) is 0 Å². The van der Waals surface area contributed by atoms with Crippen molar-refractivity contribution in [3.8, 4) is 0 Å². The number of rotatable bonds is 5. The number of aliphatic hydroxyl groups is 1. The minimum atomic E-state index is -1.13. The topological polar surface area (TPSA) is 72.9 Å². The van der Waals surface area contributed by atoms with Crippen LogP contribution in [0.15, 0.2) is 96.2 Å². The summed E-state index contributed by atoms with van der Waals surface area (Å²) >= 11 is 0. The molecule has 218 valence electrons. The van der Waals surface area contributed by atoms with Crippen molar-refractivity contribution >= 4 is 23.1 Å². The number of hydrogen-bond donors (Lipinski definition) is 2. The lowest BCUT2D eigenvalue weighted by Crippen LogP contribution is -2.50. The van der Waals surface area contributed by atoms with E-state index < -0.39 is 5.60 Å². The van der Waals surface area contributed by atoms with Crippen LogP contribution in [0.3, 0.4) is 0 Å². The van der Waals surface area contributed by atoms with Gasteiger partial charge in [-0.3, -0.25) is 9.59 Å². The molecule has 0 bridgehead atoms. The molecule has 2 N–H and O–H groups in total. The van der Waals surface area contributed by atoms with E-state index in [0.29, 0.717) is 32.4 Å². The third-order valence-electron chi connectivity index (χ3n) is 9.48. The van der Waals surface area contributed by atoms with Crippen LogP contribution in [0.4, 0.5) is 11.4 Å². The maximum atomic E-state index is 13.9. The van der Waals surface area contributed by atoms with E-state index in [0.717, 1.165) is 40.2 Å². The van der Waals surface area contributed by atoms with Gasteiger partial charge >= 0.3 is 0 Å². The van der Waals surface area contributed by atoms with Gasteiger partial charge < -0.3 is 20.2 Å². The molecule has 0 aromatic heterocycles. The van der Waals surface area contributed by atoms with E-state index in [-0.39, 0.29) is 35.6 Å². The zero-order valence-electron chi connectivity index (χ0n) is 24.8. The summed E-state index contributed by atoms with van der Waals surface area (Å²) in [7, 11) is 0. The third kappa shape index (κ3) is 5.13. The SMILES string of the molecule is CC1C2=C(CC(C)(C)CC2=O)Nc2ccccc2N1CC(=O)N1CCC(C(O)(c2ccccc2)c2ccccc2)CC1. The van der Waals surface area contributed by atoms with Gasteiger partial charge in [0.1, 0.15) is 5.60 Å². The van der Waals surface area contributed by atoms with Crippen LogP contribution in [-0.2, 0) is 15.2 Å². The molecule has 3 aromatic carbocycles. The summed E-state index contributed by atoms with van der Waals surface area (Å²) in [6.45, 7) is 7.68. The summed E-state index contributed by atoms with van der Waals surface area (Å²) in [6.07, 6.45) is 2.70. The number of benzene rings is 3. The summed E-state index contributed by atoms with van der Waals surface area (Å²) in [5, 5.41) is 15.8. The molecule has 2 aliphatic heterocycles. The number of hydrogen-bond acceptors (Lipinski definition) is 5. The smallest absolute Gasteiger partial charge is 0.242 e. The van der Waals surface area contributed by atoms with Gasteiger partial charge in [-0.1, -0.05) is 86.6 Å². The number of fused-ring (bicyclic) bond motifs is 1. The van der Waals surface area contributed by atoms with Gasteiger partial charge in [-0.05, 0) is 60.8 Å². The number of Topliss-reactive ketones (excluding diaryl/α,β-unsaturated/α-hetero) is 1. The summed E-state index contributed by atoms with van der Waals surface area (Å²) in [5.74, 6) is 0.184. The molecule has 1 amide bonds. The minimum absolute atomic E-state index is 0.0238. The average molecular weight is 564 g/mol. The molecule has 1 fully saturated rings. The van der Waals surface area contributed by atoms with Gasteiger partial charge in [0.25, 0.3) is 0 Å². The predicted octanol–water partition coefficient (Wildman–Crippen LogP) is 6.12. The number of amides is 1. The second-order valence-corrected chi connectivity index (χ2v) is 12.9. The second-order valence-electron chi connectivity index (χ2n) is 12.9. The number of nitrogens with zero attached hydrogens (tertiary/aromatic N) is 2. The normalized spacial score (nSPS) is 20.9. The van der Waals surface area contributed by atoms with Gasteiger partial charge in [0.15, 0.2) is 5.78 Å². The van der Waals surface area contributed by atoms with E-state index in [1.165, 1.54) is 0 Å². The number of carbonyl (C=O) groups excluding carboxylic acids is 2. The Labute approximate surface area is 249 Å². The molecule has 6 nitrogen and oxygen atoms in total. The van der Waals surface area contributed by atoms with Gasteiger partial charge in [-0.15, -0.1) is 0 Å². The highest BCUT2D eigenvalue weighted by molar-refractivity contribution is 6.01. The van der Waals surface area contributed by atoms with E-state index in [4.69, 9.17) is 0 Å². The molecule has 0 radical (unpaired) electrons. The first kappa shape index (κ1) is 28.2. The Morgan fingerprint density at radius 1 is 0.905 bits per heavy atom. The lowest BCUT2D eigenvalue weighted by Gasteiger charge is -2.43. The molecular weight excluding hydrogens is 522 g/mol. The molecule has 1 saturated heterocycles. The van der Waals surface area contributed by atoms with E-state index >= 15 is 0 Å². The molecule has 1 unspecified atom stereocenters. The number of nitrogens with one attached hydrogen (secondary N) is 1. The van der Waals surface area contributed by atoms with Gasteiger partial charge in [-0.25, -0.2) is 0 Å². The molecule has 3 aliphatic rings. The van der Waals surface area contributed by atoms with Crippen LogP contribution in [0.5, 0.6) is 0 Å². The Kier molecular flexibility index (Phi) is 7.44. The van der Waals surface area contributed by atoms with Crippen molar-refractivity contribution in [1.82, 2.24) is 4.90 Å². The molecular formula is C36H41N3O3. The highest BCUT2D eigenvalue weighted by Gasteiger charge is 2.43. The standard InChI is InChI=1S/C36H41N3O3/c1-25-34-30(22-35(2,3)23-32(34)40)37-29-16-10-11-17-31(29)39(25)24-33(41)38-20-18-28(19-21-38)36(42,26-12-6-4-7-13-26)27-14-8-5-9-15-27/h4-17,25,28,37,42H,18-24H2,1-3H3. The van der Waals surface area contributed by atoms with Crippen LogP contribution in [0, 0.1) is 11.3 Å². The highest BCUT2D eigenvalue weighted by atomic mass is 16.3. The summed E-state index contributed by atoms with van der Waals surface area (Å²) < 4.78 is 0. The number of ketones is 1. The lowest BCUT2D eigenvalue weighted by atomic mass is 9.72. The van der Waals surface area contributed by atoms with Crippen LogP contribution >= 0.6 is 0 Å². The van der Waals surface area contributed by atoms with Crippen LogP contribution < -0.4 is 10.2 Å². The Hall–Kier alpha value is -3.90. The summed E-state index contributed by atoms with van der Waals surface area (Å²) in [4.78, 5) is 31.3. The molecule has 6 heteroatoms. The number of carbonyl (C=O) groups is 2. The van der Waals surface area contributed by atoms with Crippen LogP contribution in [0.25, 0.3) is 0 Å². The molecule has 0 saturated carbocycles. The number of allylic oxidation sites excluding steroid dienone is 1. The minimum Gasteiger partial charge on any atom is -0.380 e. The molecule has 1 aliphatic carbocycles. The number of anilines is 2. The van der Waals surface area contributed by atoms with Crippen LogP contribution in [0.2, 0.25) is 0 Å². The molecule has 3 aromatic rings. The predicted molar refractivity (Wildman–Crippen MR) is 167 cm³/mol.